The Labute approximate surface area is 155 Å². The van der Waals surface area contributed by atoms with Crippen molar-refractivity contribution in [3.05, 3.63) is 24.0 Å². The predicted octanol–water partition coefficient (Wildman–Crippen LogP) is 2.22. The molecule has 26 heavy (non-hydrogen) atoms. The van der Waals surface area contributed by atoms with Gasteiger partial charge in [0.1, 0.15) is 6.79 Å². The van der Waals surface area contributed by atoms with Gasteiger partial charge in [-0.1, -0.05) is 6.58 Å². The van der Waals surface area contributed by atoms with Crippen molar-refractivity contribution in [3.63, 3.8) is 0 Å². The maximum Gasteiger partial charge on any atom is 0.168 e. The Morgan fingerprint density at radius 3 is 2.88 bits per heavy atom. The van der Waals surface area contributed by atoms with E-state index >= 15 is 0 Å². The van der Waals surface area contributed by atoms with E-state index in [0.29, 0.717) is 32.7 Å². The van der Waals surface area contributed by atoms with Crippen LogP contribution in [0.5, 0.6) is 0 Å². The van der Waals surface area contributed by atoms with E-state index in [2.05, 4.69) is 6.58 Å². The number of hydrogen-bond acceptors (Lipinski definition) is 6. The molecule has 2 bridgehead atoms. The van der Waals surface area contributed by atoms with Gasteiger partial charge < -0.3 is 24.1 Å². The fraction of sp³-hybridized carbons (Fsp3) is 0.750. The molecular formula is C20H30O6. The van der Waals surface area contributed by atoms with E-state index < -0.39 is 11.5 Å². The molecule has 3 aliphatic carbocycles. The third-order valence-corrected chi connectivity index (χ3v) is 6.41. The molecule has 0 radical (unpaired) electrons. The molecule has 3 fully saturated rings. The Morgan fingerprint density at radius 2 is 2.19 bits per heavy atom. The zero-order chi connectivity index (χ0) is 18.8. The molecule has 1 unspecified atom stereocenters. The second-order valence-electron chi connectivity index (χ2n) is 7.57. The summed E-state index contributed by atoms with van der Waals surface area (Å²) >= 11 is 0. The number of aliphatic hydroxyl groups is 1. The Kier molecular flexibility index (Phi) is 5.87. The summed E-state index contributed by atoms with van der Waals surface area (Å²) in [6.45, 7) is 7.74. The number of hydrogen-bond donors (Lipinski definition) is 1. The highest BCUT2D eigenvalue weighted by molar-refractivity contribution is 6.01. The van der Waals surface area contributed by atoms with Crippen molar-refractivity contribution in [2.75, 3.05) is 40.3 Å². The molecule has 6 heteroatoms. The van der Waals surface area contributed by atoms with Crippen LogP contribution in [0.1, 0.15) is 32.6 Å². The van der Waals surface area contributed by atoms with Gasteiger partial charge in [-0.25, -0.2) is 0 Å². The standard InChI is InChI=1S/C20H30O6/c1-4-24-11-15-16-5-6-20(26-13-25-8-7-23-3)12-19(16,9-14(20)2)17(10-21)18(15)22/h11,16-17,21H,2,4-10,12-13H2,1,3H3/b15-11+/t16?,17-,19+,20+/m1/s1. The largest absolute Gasteiger partial charge is 0.501 e. The number of ketones is 1. The van der Waals surface area contributed by atoms with Crippen LogP contribution < -0.4 is 0 Å². The van der Waals surface area contributed by atoms with Crippen LogP contribution >= 0.6 is 0 Å². The van der Waals surface area contributed by atoms with E-state index in [-0.39, 0.29) is 30.5 Å². The summed E-state index contributed by atoms with van der Waals surface area (Å²) in [5, 5.41) is 9.98. The first-order valence-corrected chi connectivity index (χ1v) is 9.40. The summed E-state index contributed by atoms with van der Waals surface area (Å²) in [5.74, 6) is -0.284. The first-order chi connectivity index (χ1) is 12.5. The smallest absolute Gasteiger partial charge is 0.168 e. The summed E-state index contributed by atoms with van der Waals surface area (Å²) in [6.07, 6.45) is 4.67. The molecule has 0 aromatic carbocycles. The van der Waals surface area contributed by atoms with Crippen LogP contribution in [0.3, 0.4) is 0 Å². The van der Waals surface area contributed by atoms with Crippen molar-refractivity contribution in [1.82, 2.24) is 0 Å². The number of methoxy groups -OCH3 is 1. The minimum Gasteiger partial charge on any atom is -0.501 e. The number of Topliss-reactive ketones (excluding diaryl/α,β-unsaturated/α-hetero) is 1. The molecule has 146 valence electrons. The topological polar surface area (TPSA) is 74.2 Å². The van der Waals surface area contributed by atoms with Crippen LogP contribution in [-0.4, -0.2) is 56.8 Å². The fourth-order valence-corrected chi connectivity index (χ4v) is 5.20. The lowest BCUT2D eigenvalue weighted by atomic mass is 9.64. The molecule has 0 saturated heterocycles. The Bertz CT molecular complexity index is 585. The number of fused-ring (bicyclic) bond motifs is 1. The summed E-state index contributed by atoms with van der Waals surface area (Å²) in [7, 11) is 1.63. The number of rotatable bonds is 9. The van der Waals surface area contributed by atoms with E-state index in [9.17, 15) is 9.90 Å². The monoisotopic (exact) mass is 366 g/mol. The van der Waals surface area contributed by atoms with Gasteiger partial charge in [0.15, 0.2) is 5.78 Å². The minimum absolute atomic E-state index is 0.0211. The van der Waals surface area contributed by atoms with Crippen molar-refractivity contribution < 1.29 is 28.8 Å². The predicted molar refractivity (Wildman–Crippen MR) is 95.3 cm³/mol. The molecule has 0 aliphatic heterocycles. The average Bonchev–Trinajstić information content (AvgIpc) is 2.99. The Hall–Kier alpha value is -1.21. The van der Waals surface area contributed by atoms with Crippen molar-refractivity contribution in [3.8, 4) is 0 Å². The van der Waals surface area contributed by atoms with E-state index in [0.717, 1.165) is 24.0 Å². The molecule has 0 amide bonds. The Balaban J connectivity index is 1.80. The quantitative estimate of drug-likeness (QED) is 0.222. The molecule has 1 N–H and O–H groups in total. The van der Waals surface area contributed by atoms with Crippen molar-refractivity contribution in [1.29, 1.82) is 0 Å². The normalized spacial score (nSPS) is 37.4. The van der Waals surface area contributed by atoms with Crippen LogP contribution in [0, 0.1) is 17.3 Å². The zero-order valence-electron chi connectivity index (χ0n) is 15.8. The molecule has 1 spiro atoms. The zero-order valence-corrected chi connectivity index (χ0v) is 15.8. The van der Waals surface area contributed by atoms with Gasteiger partial charge in [0, 0.05) is 12.7 Å². The third-order valence-electron chi connectivity index (χ3n) is 6.41. The minimum atomic E-state index is -0.460. The fourth-order valence-electron chi connectivity index (χ4n) is 5.20. The maximum atomic E-state index is 12.9. The van der Waals surface area contributed by atoms with Gasteiger partial charge >= 0.3 is 0 Å². The van der Waals surface area contributed by atoms with Crippen LogP contribution in [0.4, 0.5) is 0 Å². The molecule has 0 aromatic heterocycles. The van der Waals surface area contributed by atoms with Crippen molar-refractivity contribution in [2.24, 2.45) is 17.3 Å². The van der Waals surface area contributed by atoms with Crippen LogP contribution in [-0.2, 0) is 23.7 Å². The first-order valence-electron chi connectivity index (χ1n) is 9.40. The summed E-state index contributed by atoms with van der Waals surface area (Å²) < 4.78 is 22.0. The van der Waals surface area contributed by atoms with Gasteiger partial charge in [0.05, 0.1) is 44.2 Å². The maximum absolute atomic E-state index is 12.9. The molecule has 3 aliphatic rings. The van der Waals surface area contributed by atoms with Crippen molar-refractivity contribution >= 4 is 5.78 Å². The molecule has 3 rings (SSSR count). The van der Waals surface area contributed by atoms with E-state index in [1.807, 2.05) is 6.92 Å². The van der Waals surface area contributed by atoms with E-state index in [4.69, 9.17) is 18.9 Å². The molecule has 6 nitrogen and oxygen atoms in total. The number of ether oxygens (including phenoxy) is 4. The second-order valence-corrected chi connectivity index (χ2v) is 7.57. The van der Waals surface area contributed by atoms with Gasteiger partial charge in [-0.3, -0.25) is 4.79 Å². The highest BCUT2D eigenvalue weighted by Gasteiger charge is 2.67. The molecule has 0 heterocycles. The average molecular weight is 366 g/mol. The molecular weight excluding hydrogens is 336 g/mol. The second kappa shape index (κ2) is 7.80. The SMILES string of the molecule is C=C1C[C@]23C[C@@]1(OCOCCOC)CCC2/C(=C\OCC)C(=O)[C@H]3CO. The summed E-state index contributed by atoms with van der Waals surface area (Å²) in [5.41, 5.74) is 0.972. The third kappa shape index (κ3) is 3.03. The van der Waals surface area contributed by atoms with Gasteiger partial charge in [-0.15, -0.1) is 0 Å². The van der Waals surface area contributed by atoms with Crippen LogP contribution in [0.15, 0.2) is 24.0 Å². The van der Waals surface area contributed by atoms with E-state index in [1.54, 1.807) is 13.4 Å². The lowest BCUT2D eigenvalue weighted by molar-refractivity contribution is -0.151. The van der Waals surface area contributed by atoms with Crippen molar-refractivity contribution in [2.45, 2.75) is 38.2 Å². The highest BCUT2D eigenvalue weighted by atomic mass is 16.7. The van der Waals surface area contributed by atoms with Gasteiger partial charge in [0.25, 0.3) is 0 Å². The number of carbonyl (C=O) groups excluding carboxylic acids is 1. The lowest BCUT2D eigenvalue weighted by Gasteiger charge is -2.42. The number of aliphatic hydroxyl groups excluding tert-OH is 1. The van der Waals surface area contributed by atoms with Gasteiger partial charge in [-0.05, 0) is 49.5 Å². The highest BCUT2D eigenvalue weighted by Crippen LogP contribution is 2.68. The Morgan fingerprint density at radius 1 is 1.38 bits per heavy atom. The number of carbonyl (C=O) groups is 1. The first kappa shape index (κ1) is 19.5. The summed E-state index contributed by atoms with van der Waals surface area (Å²) in [4.78, 5) is 12.9. The van der Waals surface area contributed by atoms with E-state index in [1.165, 1.54) is 0 Å². The summed E-state index contributed by atoms with van der Waals surface area (Å²) in [6, 6.07) is 0. The van der Waals surface area contributed by atoms with Gasteiger partial charge in [0.2, 0.25) is 0 Å². The lowest BCUT2D eigenvalue weighted by Crippen LogP contribution is -2.43. The number of allylic oxidation sites excluding steroid dienone is 1. The molecule has 0 aromatic rings. The van der Waals surface area contributed by atoms with Crippen LogP contribution in [0.25, 0.3) is 0 Å². The van der Waals surface area contributed by atoms with Crippen LogP contribution in [0.2, 0.25) is 0 Å². The van der Waals surface area contributed by atoms with Gasteiger partial charge in [-0.2, -0.15) is 0 Å². The molecule has 3 saturated carbocycles. The molecule has 4 atom stereocenters.